The van der Waals surface area contributed by atoms with Crippen molar-refractivity contribution in [1.29, 1.82) is 0 Å². The van der Waals surface area contributed by atoms with Gasteiger partial charge in [0.05, 0.1) is 29.3 Å². The van der Waals surface area contributed by atoms with E-state index in [9.17, 15) is 9.59 Å². The van der Waals surface area contributed by atoms with Gasteiger partial charge in [0, 0.05) is 11.6 Å². The second-order valence-corrected chi connectivity index (χ2v) is 8.62. The van der Waals surface area contributed by atoms with Crippen molar-refractivity contribution in [3.05, 3.63) is 48.9 Å². The molecule has 0 fully saturated rings. The summed E-state index contributed by atoms with van der Waals surface area (Å²) in [7, 11) is 3.01. The predicted molar refractivity (Wildman–Crippen MR) is 124 cm³/mol. The molecule has 0 bridgehead atoms. The van der Waals surface area contributed by atoms with E-state index in [-0.39, 0.29) is 30.9 Å². The fourth-order valence-corrected chi connectivity index (χ4v) is 3.65. The fourth-order valence-electron chi connectivity index (χ4n) is 2.45. The number of amides is 1. The number of hydrogen-bond acceptors (Lipinski definition) is 6. The Labute approximate surface area is 209 Å². The Morgan fingerprint density at radius 1 is 0.844 bits per heavy atom. The van der Waals surface area contributed by atoms with Gasteiger partial charge in [-0.2, -0.15) is 0 Å². The maximum absolute atomic E-state index is 12.3. The SMILES string of the molecule is COc1cc(OC)cc(C(C)(C)OC(=O)NCC(=O)Oc2c(Cl)c(Cl)c(Cl)c(Cl)c2Cl)c1. The van der Waals surface area contributed by atoms with E-state index in [0.29, 0.717) is 17.1 Å². The number of halogens is 5. The van der Waals surface area contributed by atoms with Crippen molar-refractivity contribution in [3.63, 3.8) is 0 Å². The van der Waals surface area contributed by atoms with Gasteiger partial charge in [-0.25, -0.2) is 9.59 Å². The largest absolute Gasteiger partial charge is 0.497 e. The monoisotopic (exact) mass is 543 g/mol. The quantitative estimate of drug-likeness (QED) is 0.184. The number of nitrogens with one attached hydrogen (secondary N) is 1. The summed E-state index contributed by atoms with van der Waals surface area (Å²) in [5, 5.41) is 1.55. The zero-order valence-corrected chi connectivity index (χ0v) is 21.1. The van der Waals surface area contributed by atoms with Gasteiger partial charge in [0.15, 0.2) is 5.75 Å². The number of hydrogen-bond donors (Lipinski definition) is 1. The third kappa shape index (κ3) is 6.17. The maximum Gasteiger partial charge on any atom is 0.408 e. The Balaban J connectivity index is 2.05. The minimum atomic E-state index is -1.08. The molecule has 0 spiro atoms. The first kappa shape index (κ1) is 26.5. The minimum Gasteiger partial charge on any atom is -0.497 e. The molecule has 2 aromatic carbocycles. The fraction of sp³-hybridized carbons (Fsp3) is 0.300. The lowest BCUT2D eigenvalue weighted by Crippen LogP contribution is -2.37. The van der Waals surface area contributed by atoms with Crippen LogP contribution >= 0.6 is 58.0 Å². The molecule has 0 aliphatic rings. The van der Waals surface area contributed by atoms with Crippen molar-refractivity contribution >= 4 is 70.1 Å². The molecule has 0 heterocycles. The van der Waals surface area contributed by atoms with Crippen LogP contribution in [0.5, 0.6) is 17.2 Å². The number of esters is 1. The molecule has 0 unspecified atom stereocenters. The van der Waals surface area contributed by atoms with Crippen LogP contribution in [0.4, 0.5) is 4.79 Å². The molecule has 0 saturated carbocycles. The molecule has 2 rings (SSSR count). The normalized spacial score (nSPS) is 11.0. The van der Waals surface area contributed by atoms with Gasteiger partial charge < -0.3 is 24.3 Å². The number of rotatable bonds is 7. The Hall–Kier alpha value is -1.77. The maximum atomic E-state index is 12.3. The van der Waals surface area contributed by atoms with Gasteiger partial charge in [-0.1, -0.05) is 58.0 Å². The molecule has 174 valence electrons. The van der Waals surface area contributed by atoms with Crippen LogP contribution in [0, 0.1) is 0 Å². The van der Waals surface area contributed by atoms with Gasteiger partial charge >= 0.3 is 12.1 Å². The van der Waals surface area contributed by atoms with E-state index in [1.54, 1.807) is 32.0 Å². The van der Waals surface area contributed by atoms with Gasteiger partial charge in [0.1, 0.15) is 33.7 Å². The van der Waals surface area contributed by atoms with E-state index in [4.69, 9.17) is 77.0 Å². The van der Waals surface area contributed by atoms with Crippen LogP contribution in [0.15, 0.2) is 18.2 Å². The van der Waals surface area contributed by atoms with Crippen LogP contribution < -0.4 is 19.5 Å². The number of carbonyl (C=O) groups is 2. The van der Waals surface area contributed by atoms with Crippen LogP contribution in [-0.4, -0.2) is 32.8 Å². The Bertz CT molecular complexity index is 992. The molecule has 7 nitrogen and oxygen atoms in total. The molecule has 0 aliphatic heterocycles. The van der Waals surface area contributed by atoms with E-state index < -0.39 is 24.2 Å². The number of methoxy groups -OCH3 is 2. The van der Waals surface area contributed by atoms with Gasteiger partial charge in [-0.3, -0.25) is 0 Å². The molecule has 0 aliphatic carbocycles. The lowest BCUT2D eigenvalue weighted by molar-refractivity contribution is -0.133. The molecule has 12 heteroatoms. The van der Waals surface area contributed by atoms with Crippen molar-refractivity contribution in [2.45, 2.75) is 19.4 Å². The molecule has 0 radical (unpaired) electrons. The summed E-state index contributed by atoms with van der Waals surface area (Å²) in [6, 6.07) is 5.07. The topological polar surface area (TPSA) is 83.1 Å². The average molecular weight is 546 g/mol. The van der Waals surface area contributed by atoms with E-state index >= 15 is 0 Å². The molecule has 0 atom stereocenters. The van der Waals surface area contributed by atoms with Crippen molar-refractivity contribution in [1.82, 2.24) is 5.32 Å². The second kappa shape index (κ2) is 10.9. The summed E-state index contributed by atoms with van der Waals surface area (Å²) >= 11 is 29.8. The molecule has 32 heavy (non-hydrogen) atoms. The first-order chi connectivity index (χ1) is 14.9. The molecular weight excluding hydrogens is 527 g/mol. The first-order valence-electron chi connectivity index (χ1n) is 8.83. The summed E-state index contributed by atoms with van der Waals surface area (Å²) < 4.78 is 21.0. The Kier molecular flexibility index (Phi) is 9.02. The zero-order chi connectivity index (χ0) is 24.2. The third-order valence-corrected chi connectivity index (χ3v) is 6.40. The Morgan fingerprint density at radius 3 is 1.78 bits per heavy atom. The number of alkyl carbamates (subject to hydrolysis) is 1. The summed E-state index contributed by atoms with van der Waals surface area (Å²) in [5.74, 6) is -0.138. The molecule has 1 N–H and O–H groups in total. The highest BCUT2D eigenvalue weighted by Crippen LogP contribution is 2.48. The average Bonchev–Trinajstić information content (AvgIpc) is 2.77. The predicted octanol–water partition coefficient (Wildman–Crippen LogP) is 6.54. The van der Waals surface area contributed by atoms with Crippen molar-refractivity contribution < 1.29 is 28.5 Å². The standard InChI is InChI=1S/C20H18Cl5NO6/c1-20(2,9-5-10(29-3)7-11(6-9)30-4)32-19(28)26-8-12(27)31-18-16(24)14(22)13(21)15(23)17(18)25/h5-7H,8H2,1-4H3,(H,26,28). The molecule has 2 aromatic rings. The lowest BCUT2D eigenvalue weighted by atomic mass is 9.97. The van der Waals surface area contributed by atoms with E-state index in [1.807, 2.05) is 0 Å². The molecule has 0 saturated heterocycles. The first-order valence-corrected chi connectivity index (χ1v) is 10.7. The highest BCUT2D eigenvalue weighted by atomic mass is 35.5. The van der Waals surface area contributed by atoms with Gasteiger partial charge in [0.2, 0.25) is 0 Å². The second-order valence-electron chi connectivity index (χ2n) is 6.73. The summed E-state index contributed by atoms with van der Waals surface area (Å²) in [6.07, 6.45) is -0.877. The van der Waals surface area contributed by atoms with Gasteiger partial charge in [-0.15, -0.1) is 0 Å². The van der Waals surface area contributed by atoms with Crippen molar-refractivity contribution in [2.24, 2.45) is 0 Å². The van der Waals surface area contributed by atoms with Crippen molar-refractivity contribution in [2.75, 3.05) is 20.8 Å². The molecule has 1 amide bonds. The molecule has 0 aromatic heterocycles. The van der Waals surface area contributed by atoms with Crippen LogP contribution in [0.2, 0.25) is 25.1 Å². The van der Waals surface area contributed by atoms with E-state index in [0.717, 1.165) is 0 Å². The van der Waals surface area contributed by atoms with E-state index in [2.05, 4.69) is 5.32 Å². The lowest BCUT2D eigenvalue weighted by Gasteiger charge is -2.26. The van der Waals surface area contributed by atoms with Gasteiger partial charge in [0.25, 0.3) is 0 Å². The summed E-state index contributed by atoms with van der Waals surface area (Å²) in [4.78, 5) is 24.4. The van der Waals surface area contributed by atoms with Gasteiger partial charge in [-0.05, 0) is 26.0 Å². The van der Waals surface area contributed by atoms with Crippen LogP contribution in [0.25, 0.3) is 0 Å². The van der Waals surface area contributed by atoms with Crippen molar-refractivity contribution in [3.8, 4) is 17.2 Å². The Morgan fingerprint density at radius 2 is 1.31 bits per heavy atom. The summed E-state index contributed by atoms with van der Waals surface area (Å²) in [6.45, 7) is 2.77. The highest BCUT2D eigenvalue weighted by molar-refractivity contribution is 6.55. The third-order valence-electron chi connectivity index (χ3n) is 4.16. The smallest absolute Gasteiger partial charge is 0.408 e. The van der Waals surface area contributed by atoms with Crippen LogP contribution in [0.1, 0.15) is 19.4 Å². The zero-order valence-electron chi connectivity index (χ0n) is 17.3. The minimum absolute atomic E-state index is 0.0822. The van der Waals surface area contributed by atoms with E-state index in [1.165, 1.54) is 14.2 Å². The molecular formula is C20H18Cl5NO6. The van der Waals surface area contributed by atoms with Crippen LogP contribution in [0.3, 0.4) is 0 Å². The number of carbonyl (C=O) groups excluding carboxylic acids is 2. The summed E-state index contributed by atoms with van der Waals surface area (Å²) in [5.41, 5.74) is -0.477. The van der Waals surface area contributed by atoms with Crippen LogP contribution in [-0.2, 0) is 15.1 Å². The number of ether oxygens (including phenoxy) is 4. The highest BCUT2D eigenvalue weighted by Gasteiger charge is 2.28. The number of benzene rings is 2.